The highest BCUT2D eigenvalue weighted by molar-refractivity contribution is 7.13. The summed E-state index contributed by atoms with van der Waals surface area (Å²) in [6, 6.07) is 15.3. The van der Waals surface area contributed by atoms with Gasteiger partial charge in [-0.3, -0.25) is 4.79 Å². The van der Waals surface area contributed by atoms with E-state index in [2.05, 4.69) is 5.32 Å². The topological polar surface area (TPSA) is 54.5 Å². The Balaban J connectivity index is 1.49. The van der Waals surface area contributed by atoms with E-state index < -0.39 is 0 Å². The van der Waals surface area contributed by atoms with Crippen molar-refractivity contribution in [1.29, 1.82) is 0 Å². The van der Waals surface area contributed by atoms with Gasteiger partial charge in [0, 0.05) is 34.8 Å². The molecule has 0 spiro atoms. The molecule has 1 saturated heterocycles. The van der Waals surface area contributed by atoms with E-state index in [1.54, 1.807) is 11.3 Å². The van der Waals surface area contributed by atoms with Crippen LogP contribution in [0.5, 0.6) is 0 Å². The second-order valence-corrected chi connectivity index (χ2v) is 8.56. The minimum atomic E-state index is -0.320. The molecule has 1 amide bonds. The van der Waals surface area contributed by atoms with Gasteiger partial charge >= 0.3 is 0 Å². The summed E-state index contributed by atoms with van der Waals surface area (Å²) < 4.78 is 5.81. The minimum absolute atomic E-state index is 0.0147. The molecule has 0 radical (unpaired) electrons. The number of amides is 1. The van der Waals surface area contributed by atoms with Gasteiger partial charge in [0.05, 0.1) is 17.4 Å². The van der Waals surface area contributed by atoms with E-state index in [0.717, 1.165) is 41.4 Å². The van der Waals surface area contributed by atoms with Gasteiger partial charge in [0.15, 0.2) is 0 Å². The van der Waals surface area contributed by atoms with E-state index in [0.29, 0.717) is 17.1 Å². The Morgan fingerprint density at radius 2 is 2.03 bits per heavy atom. The summed E-state index contributed by atoms with van der Waals surface area (Å²) >= 11 is 7.57. The van der Waals surface area contributed by atoms with E-state index in [-0.39, 0.29) is 18.2 Å². The van der Waals surface area contributed by atoms with Crippen molar-refractivity contribution >= 4 is 34.5 Å². The predicted octanol–water partition coefficient (Wildman–Crippen LogP) is 5.21. The molecule has 0 unspecified atom stereocenters. The van der Waals surface area contributed by atoms with Gasteiger partial charge in [-0.15, -0.1) is 11.3 Å². The van der Waals surface area contributed by atoms with Crippen molar-refractivity contribution in [2.24, 2.45) is 0 Å². The largest absolute Gasteiger partial charge is 0.376 e. The van der Waals surface area contributed by atoms with Crippen molar-refractivity contribution in [3.63, 3.8) is 0 Å². The van der Waals surface area contributed by atoms with Gasteiger partial charge < -0.3 is 15.0 Å². The summed E-state index contributed by atoms with van der Waals surface area (Å²) in [5.74, 6) is 0.0147. The van der Waals surface area contributed by atoms with Crippen LogP contribution in [0.15, 0.2) is 53.9 Å². The molecule has 1 N–H and O–H groups in total. The number of halogens is 1. The molecule has 1 fully saturated rings. The molecule has 29 heavy (non-hydrogen) atoms. The van der Waals surface area contributed by atoms with Crippen LogP contribution in [0.3, 0.4) is 0 Å². The smallest absolute Gasteiger partial charge is 0.257 e. The normalized spacial score (nSPS) is 21.1. The maximum Gasteiger partial charge on any atom is 0.257 e. The maximum atomic E-state index is 13.3. The molecule has 5 nitrogen and oxygen atoms in total. The van der Waals surface area contributed by atoms with Crippen LogP contribution in [-0.4, -0.2) is 35.0 Å². The van der Waals surface area contributed by atoms with Crippen LogP contribution in [0.1, 0.15) is 35.1 Å². The highest BCUT2D eigenvalue weighted by Gasteiger charge is 2.36. The van der Waals surface area contributed by atoms with Gasteiger partial charge in [0.2, 0.25) is 0 Å². The Labute approximate surface area is 178 Å². The maximum absolute atomic E-state index is 13.3. The molecule has 1 aromatic heterocycles. The van der Waals surface area contributed by atoms with Crippen molar-refractivity contribution in [3.8, 4) is 10.6 Å². The number of nitrogens with zero attached hydrogens (tertiary/aromatic N) is 2. The molecule has 3 heterocycles. The molecule has 0 saturated carbocycles. The number of rotatable bonds is 4. The predicted molar refractivity (Wildman–Crippen MR) is 115 cm³/mol. The summed E-state index contributed by atoms with van der Waals surface area (Å²) in [6.45, 7) is 1.32. The Bertz CT molecular complexity index is 1030. The first kappa shape index (κ1) is 18.6. The molecule has 3 aromatic rings. The fraction of sp³-hybridized carbons (Fsp3) is 0.273. The van der Waals surface area contributed by atoms with E-state index in [1.165, 1.54) is 0 Å². The molecule has 148 valence electrons. The number of carbonyl (C=O) groups is 1. The third-order valence-corrected chi connectivity index (χ3v) is 6.50. The van der Waals surface area contributed by atoms with Crippen molar-refractivity contribution in [2.45, 2.75) is 25.1 Å². The first-order valence-electron chi connectivity index (χ1n) is 9.68. The molecule has 2 atom stereocenters. The zero-order valence-corrected chi connectivity index (χ0v) is 17.2. The third kappa shape index (κ3) is 3.64. The zero-order chi connectivity index (χ0) is 19.8. The fourth-order valence-electron chi connectivity index (χ4n) is 3.86. The van der Waals surface area contributed by atoms with Crippen molar-refractivity contribution in [3.05, 3.63) is 70.2 Å². The lowest BCUT2D eigenvalue weighted by atomic mass is 10.1. The second kappa shape index (κ2) is 7.78. The number of para-hydroxylation sites is 1. The highest BCUT2D eigenvalue weighted by atomic mass is 35.5. The monoisotopic (exact) mass is 425 g/mol. The van der Waals surface area contributed by atoms with E-state index in [9.17, 15) is 4.79 Å². The molecule has 2 aliphatic heterocycles. The molecule has 0 bridgehead atoms. The van der Waals surface area contributed by atoms with Crippen LogP contribution >= 0.6 is 22.9 Å². The van der Waals surface area contributed by atoms with E-state index in [4.69, 9.17) is 21.3 Å². The molecular formula is C22H20ClN3O2S. The van der Waals surface area contributed by atoms with Crippen LogP contribution in [0.2, 0.25) is 5.02 Å². The number of benzene rings is 2. The first-order chi connectivity index (χ1) is 14.2. The Morgan fingerprint density at radius 3 is 2.83 bits per heavy atom. The van der Waals surface area contributed by atoms with E-state index >= 15 is 0 Å². The molecule has 5 rings (SSSR count). The number of ether oxygens (including phenoxy) is 1. The summed E-state index contributed by atoms with van der Waals surface area (Å²) in [5.41, 5.74) is 3.38. The highest BCUT2D eigenvalue weighted by Crippen LogP contribution is 2.36. The van der Waals surface area contributed by atoms with Gasteiger partial charge in [-0.2, -0.15) is 0 Å². The Hall–Kier alpha value is -2.41. The zero-order valence-electron chi connectivity index (χ0n) is 15.7. The SMILES string of the molecule is O=C1c2ccccc2N[C@H](c2csc(-c3ccc(Cl)cc3)n2)N1C[C@@H]1CCCO1. The second-order valence-electron chi connectivity index (χ2n) is 7.27. The molecule has 2 aliphatic rings. The number of thiazole rings is 1. The standard InChI is InChI=1S/C22H20ClN3O2S/c23-15-9-7-14(8-10-15)21-25-19(13-29-21)20-24-18-6-2-1-5-17(18)22(27)26(20)12-16-4-3-11-28-16/h1-2,5-10,13,16,20,24H,3-4,11-12H2/t16-,20-/m0/s1. The number of nitrogens with one attached hydrogen (secondary N) is 1. The fourth-order valence-corrected chi connectivity index (χ4v) is 4.83. The average Bonchev–Trinajstić information content (AvgIpc) is 3.43. The van der Waals surface area contributed by atoms with Gasteiger partial charge in [-0.05, 0) is 37.1 Å². The number of hydrogen-bond donors (Lipinski definition) is 1. The summed E-state index contributed by atoms with van der Waals surface area (Å²) in [7, 11) is 0. The number of hydrogen-bond acceptors (Lipinski definition) is 5. The van der Waals surface area contributed by atoms with Crippen molar-refractivity contribution < 1.29 is 9.53 Å². The van der Waals surface area contributed by atoms with Crippen LogP contribution in [0, 0.1) is 0 Å². The van der Waals surface area contributed by atoms with Gasteiger partial charge in [0.1, 0.15) is 11.2 Å². The van der Waals surface area contributed by atoms with Gasteiger partial charge in [-0.1, -0.05) is 35.9 Å². The lowest BCUT2D eigenvalue weighted by Gasteiger charge is -2.38. The van der Waals surface area contributed by atoms with Gasteiger partial charge in [-0.25, -0.2) is 4.98 Å². The lowest BCUT2D eigenvalue weighted by molar-refractivity contribution is 0.0423. The van der Waals surface area contributed by atoms with Crippen LogP contribution < -0.4 is 5.32 Å². The Kier molecular flexibility index (Phi) is 4.99. The van der Waals surface area contributed by atoms with Crippen molar-refractivity contribution in [1.82, 2.24) is 9.88 Å². The number of fused-ring (bicyclic) bond motifs is 1. The van der Waals surface area contributed by atoms with Gasteiger partial charge in [0.25, 0.3) is 5.91 Å². The van der Waals surface area contributed by atoms with E-state index in [1.807, 2.05) is 58.8 Å². The molecular weight excluding hydrogens is 406 g/mol. The molecule has 2 aromatic carbocycles. The number of anilines is 1. The average molecular weight is 426 g/mol. The minimum Gasteiger partial charge on any atom is -0.376 e. The number of carbonyl (C=O) groups excluding carboxylic acids is 1. The Morgan fingerprint density at radius 1 is 1.21 bits per heavy atom. The summed E-state index contributed by atoms with van der Waals surface area (Å²) in [6.07, 6.45) is 1.77. The lowest BCUT2D eigenvalue weighted by Crippen LogP contribution is -2.46. The van der Waals surface area contributed by atoms with Crippen molar-refractivity contribution in [2.75, 3.05) is 18.5 Å². The van der Waals surface area contributed by atoms with Crippen LogP contribution in [0.4, 0.5) is 5.69 Å². The van der Waals surface area contributed by atoms with Crippen LogP contribution in [0.25, 0.3) is 10.6 Å². The summed E-state index contributed by atoms with van der Waals surface area (Å²) in [4.78, 5) is 20.0. The van der Waals surface area contributed by atoms with Crippen LogP contribution in [-0.2, 0) is 4.74 Å². The first-order valence-corrected chi connectivity index (χ1v) is 10.9. The molecule has 0 aliphatic carbocycles. The molecule has 7 heteroatoms. The third-order valence-electron chi connectivity index (χ3n) is 5.34. The number of aromatic nitrogens is 1. The summed E-state index contributed by atoms with van der Waals surface area (Å²) in [5, 5.41) is 7.14. The quantitative estimate of drug-likeness (QED) is 0.623.